The summed E-state index contributed by atoms with van der Waals surface area (Å²) in [6.45, 7) is 12.6. The molecule has 2 aromatic rings. The second-order valence-electron chi connectivity index (χ2n) is 10.5. The molecule has 0 saturated carbocycles. The van der Waals surface area contributed by atoms with Crippen LogP contribution in [0.15, 0.2) is 48.2 Å². The van der Waals surface area contributed by atoms with Crippen molar-refractivity contribution >= 4 is 12.2 Å². The van der Waals surface area contributed by atoms with Gasteiger partial charge in [0.1, 0.15) is 23.3 Å². The first kappa shape index (κ1) is 26.8. The van der Waals surface area contributed by atoms with E-state index < -0.39 is 11.7 Å². The molecule has 0 unspecified atom stereocenters. The van der Waals surface area contributed by atoms with Gasteiger partial charge in [-0.1, -0.05) is 36.4 Å². The minimum Gasteiger partial charge on any atom is -0.443 e. The number of rotatable bonds is 6. The highest BCUT2D eigenvalue weighted by Gasteiger charge is 2.27. The van der Waals surface area contributed by atoms with Crippen LogP contribution in [0, 0.1) is 36.5 Å². The number of hydrogen-bond donors (Lipinski definition) is 0. The predicted molar refractivity (Wildman–Crippen MR) is 142 cm³/mol. The van der Waals surface area contributed by atoms with Gasteiger partial charge in [-0.3, -0.25) is 4.57 Å². The lowest BCUT2D eigenvalue weighted by atomic mass is 9.92. The van der Waals surface area contributed by atoms with Gasteiger partial charge in [0.2, 0.25) is 0 Å². The molecule has 1 fully saturated rings. The van der Waals surface area contributed by atoms with Crippen molar-refractivity contribution in [1.29, 1.82) is 10.5 Å². The first-order chi connectivity index (χ1) is 17.1. The number of aromatic nitrogens is 1. The van der Waals surface area contributed by atoms with E-state index >= 15 is 0 Å². The molecule has 1 aromatic heterocycles. The predicted octanol–water partition coefficient (Wildman–Crippen LogP) is 6.64. The van der Waals surface area contributed by atoms with Crippen molar-refractivity contribution in [2.75, 3.05) is 6.54 Å². The molecule has 1 aromatic carbocycles. The van der Waals surface area contributed by atoms with Crippen LogP contribution >= 0.6 is 0 Å². The van der Waals surface area contributed by atoms with Crippen molar-refractivity contribution in [2.24, 2.45) is 0 Å². The van der Waals surface area contributed by atoms with Crippen molar-refractivity contribution < 1.29 is 9.53 Å². The number of allylic oxidation sites excluding steroid dienone is 2. The Morgan fingerprint density at radius 2 is 1.86 bits per heavy atom. The number of carbonyl (C=O) groups is 1. The summed E-state index contributed by atoms with van der Waals surface area (Å²) in [5, 5.41) is 18.9. The van der Waals surface area contributed by atoms with E-state index in [1.54, 1.807) is 10.6 Å². The number of nitriles is 2. The monoisotopic (exact) mass is 484 g/mol. The number of nitrogens with zero attached hydrogens (tertiary/aromatic N) is 4. The van der Waals surface area contributed by atoms with Crippen molar-refractivity contribution in [3.8, 4) is 12.1 Å². The Labute approximate surface area is 215 Å². The molecule has 1 aliphatic rings. The van der Waals surface area contributed by atoms with Crippen LogP contribution in [0.4, 0.5) is 4.79 Å². The quantitative estimate of drug-likeness (QED) is 0.429. The molecular weight excluding hydrogens is 448 g/mol. The Morgan fingerprint density at radius 1 is 1.19 bits per heavy atom. The molecule has 6 nitrogen and oxygen atoms in total. The van der Waals surface area contributed by atoms with E-state index in [1.807, 2.05) is 65.0 Å². The van der Waals surface area contributed by atoms with Gasteiger partial charge in [-0.05, 0) is 84.2 Å². The Morgan fingerprint density at radius 3 is 2.42 bits per heavy atom. The minimum absolute atomic E-state index is 0.00150. The zero-order chi connectivity index (χ0) is 26.5. The highest BCUT2D eigenvalue weighted by atomic mass is 16.6. The zero-order valence-corrected chi connectivity index (χ0v) is 22.2. The third-order valence-corrected chi connectivity index (χ3v) is 6.72. The molecule has 0 amide bonds. The van der Waals surface area contributed by atoms with Crippen LogP contribution in [0.2, 0.25) is 0 Å². The fraction of sp³-hybridized carbons (Fsp3) is 0.433. The SMILES string of the molecule is Cc1c(C=C(C#N)C#N)c(C[C@@H](/C=C/N2CCC[C@H]2C)c2ccccc2)n(C(=O)OC(C)(C)C)c1C. The molecule has 2 atom stereocenters. The lowest BCUT2D eigenvalue weighted by Crippen LogP contribution is -2.29. The Kier molecular flexibility index (Phi) is 8.43. The van der Waals surface area contributed by atoms with Gasteiger partial charge in [-0.15, -0.1) is 0 Å². The number of likely N-dealkylation sites (tertiary alicyclic amines) is 1. The first-order valence-electron chi connectivity index (χ1n) is 12.5. The molecule has 0 radical (unpaired) electrons. The van der Waals surface area contributed by atoms with Crippen molar-refractivity contribution in [3.05, 3.63) is 76.3 Å². The van der Waals surface area contributed by atoms with E-state index in [-0.39, 0.29) is 11.5 Å². The fourth-order valence-electron chi connectivity index (χ4n) is 4.68. The van der Waals surface area contributed by atoms with Gasteiger partial charge >= 0.3 is 6.09 Å². The average Bonchev–Trinajstić information content (AvgIpc) is 3.34. The molecular formula is C30H36N4O2. The highest BCUT2D eigenvalue weighted by Crippen LogP contribution is 2.32. The summed E-state index contributed by atoms with van der Waals surface area (Å²) >= 11 is 0. The zero-order valence-electron chi connectivity index (χ0n) is 22.2. The third-order valence-electron chi connectivity index (χ3n) is 6.72. The van der Waals surface area contributed by atoms with E-state index in [9.17, 15) is 15.3 Å². The van der Waals surface area contributed by atoms with Crippen molar-refractivity contribution in [3.63, 3.8) is 0 Å². The molecule has 0 bridgehead atoms. The Hall–Kier alpha value is -3.77. The van der Waals surface area contributed by atoms with Crippen molar-refractivity contribution in [1.82, 2.24) is 9.47 Å². The first-order valence-corrected chi connectivity index (χ1v) is 12.5. The normalized spacial score (nSPS) is 16.4. The van der Waals surface area contributed by atoms with Gasteiger partial charge in [-0.25, -0.2) is 4.79 Å². The topological polar surface area (TPSA) is 82.0 Å². The average molecular weight is 485 g/mol. The summed E-state index contributed by atoms with van der Waals surface area (Å²) in [4.78, 5) is 15.7. The van der Waals surface area contributed by atoms with Gasteiger partial charge in [0.15, 0.2) is 0 Å². The maximum Gasteiger partial charge on any atom is 0.418 e. The lowest BCUT2D eigenvalue weighted by Gasteiger charge is -2.23. The second-order valence-corrected chi connectivity index (χ2v) is 10.5. The summed E-state index contributed by atoms with van der Waals surface area (Å²) in [6.07, 6.45) is 8.39. The Bertz CT molecular complexity index is 1220. The van der Waals surface area contributed by atoms with Gasteiger partial charge in [0, 0.05) is 35.5 Å². The second kappa shape index (κ2) is 11.3. The van der Waals surface area contributed by atoms with Crippen molar-refractivity contribution in [2.45, 2.75) is 78.4 Å². The summed E-state index contributed by atoms with van der Waals surface area (Å²) in [5.41, 5.74) is 3.51. The molecule has 0 N–H and O–H groups in total. The van der Waals surface area contributed by atoms with Gasteiger partial charge < -0.3 is 9.64 Å². The molecule has 6 heteroatoms. The molecule has 36 heavy (non-hydrogen) atoms. The van der Waals surface area contributed by atoms with E-state index in [4.69, 9.17) is 4.74 Å². The van der Waals surface area contributed by atoms with Gasteiger partial charge in [0.25, 0.3) is 0 Å². The molecule has 1 aliphatic heterocycles. The number of benzene rings is 1. The third kappa shape index (κ3) is 6.26. The van der Waals surface area contributed by atoms with Crippen LogP contribution in [0.5, 0.6) is 0 Å². The molecule has 188 valence electrons. The summed E-state index contributed by atoms with van der Waals surface area (Å²) < 4.78 is 7.37. The number of ether oxygens (including phenoxy) is 1. The van der Waals surface area contributed by atoms with E-state index in [0.717, 1.165) is 34.6 Å². The lowest BCUT2D eigenvalue weighted by molar-refractivity contribution is 0.0529. The van der Waals surface area contributed by atoms with Crippen LogP contribution in [-0.4, -0.2) is 33.7 Å². The number of hydrogen-bond acceptors (Lipinski definition) is 5. The minimum atomic E-state index is -0.663. The number of carbonyl (C=O) groups excluding carboxylic acids is 1. The molecule has 1 saturated heterocycles. The van der Waals surface area contributed by atoms with Gasteiger partial charge in [-0.2, -0.15) is 10.5 Å². The molecule has 2 heterocycles. The molecule has 0 aliphatic carbocycles. The summed E-state index contributed by atoms with van der Waals surface area (Å²) in [7, 11) is 0. The largest absolute Gasteiger partial charge is 0.443 e. The van der Waals surface area contributed by atoms with E-state index in [0.29, 0.717) is 12.5 Å². The summed E-state index contributed by atoms with van der Waals surface area (Å²) in [6, 6.07) is 14.6. The molecule has 3 rings (SSSR count). The summed E-state index contributed by atoms with van der Waals surface area (Å²) in [5.74, 6) is -0.0198. The fourth-order valence-corrected chi connectivity index (χ4v) is 4.68. The molecule has 0 spiro atoms. The highest BCUT2D eigenvalue weighted by molar-refractivity contribution is 5.78. The maximum absolute atomic E-state index is 13.4. The van der Waals surface area contributed by atoms with Crippen LogP contribution in [0.25, 0.3) is 6.08 Å². The van der Waals surface area contributed by atoms with Crippen LogP contribution in [-0.2, 0) is 11.2 Å². The Balaban J connectivity index is 2.16. The van der Waals surface area contributed by atoms with Crippen LogP contribution in [0.3, 0.4) is 0 Å². The standard InChI is InChI=1S/C30H36N4O2/c1-21-11-10-15-33(21)16-14-26(25-12-8-7-9-13-25)18-28-27(17-24(19-31)20-32)22(2)23(3)34(28)29(35)36-30(4,5)6/h7-9,12-14,16-17,21,26H,10-11,15,18H2,1-6H3/b16-14+/t21-,26-/m1/s1. The van der Waals surface area contributed by atoms with Crippen LogP contribution < -0.4 is 0 Å². The smallest absolute Gasteiger partial charge is 0.418 e. The maximum atomic E-state index is 13.4. The van der Waals surface area contributed by atoms with Gasteiger partial charge in [0.05, 0.1) is 0 Å². The van der Waals surface area contributed by atoms with Crippen LogP contribution in [0.1, 0.15) is 74.5 Å². The van der Waals surface area contributed by atoms with E-state index in [2.05, 4.69) is 36.2 Å². The van der Waals surface area contributed by atoms with E-state index in [1.165, 1.54) is 12.8 Å².